The summed E-state index contributed by atoms with van der Waals surface area (Å²) in [6.45, 7) is -3.13. The molecule has 0 aliphatic carbocycles. The summed E-state index contributed by atoms with van der Waals surface area (Å²) in [7, 11) is 1.29. The van der Waals surface area contributed by atoms with E-state index in [1.54, 1.807) is 0 Å². The van der Waals surface area contributed by atoms with Crippen molar-refractivity contribution in [1.82, 2.24) is 67.8 Å². The molecule has 8 amide bonds. The second-order valence-corrected chi connectivity index (χ2v) is 27.1. The van der Waals surface area contributed by atoms with E-state index in [-0.39, 0.29) is 41.4 Å². The van der Waals surface area contributed by atoms with Crippen molar-refractivity contribution in [3.05, 3.63) is 52.1 Å². The number of nitrogen functional groups attached to an aromatic ring is 1. The molecule has 2 heterocycles. The number of aliphatic carboxylic acids is 5. The molecule has 34 N–H and O–H groups in total. The van der Waals surface area contributed by atoms with Gasteiger partial charge in [-0.05, 0) is 63.9 Å². The van der Waals surface area contributed by atoms with Gasteiger partial charge in [0, 0.05) is 74.4 Å². The monoisotopic (exact) mass is 1730 g/mol. The smallest absolute Gasteiger partial charge is 0.327 e. The Morgan fingerprint density at radius 2 is 0.807 bits per heavy atom. The number of amides is 8. The third-order valence-corrected chi connectivity index (χ3v) is 18.0. The molecule has 51 nitrogen and oxygen atoms in total. The van der Waals surface area contributed by atoms with Crippen molar-refractivity contribution in [1.29, 1.82) is 0 Å². The van der Waals surface area contributed by atoms with Crippen LogP contribution in [0.4, 0.5) is 11.6 Å². The van der Waals surface area contributed by atoms with Crippen LogP contribution in [0.15, 0.2) is 35.3 Å². The van der Waals surface area contributed by atoms with Gasteiger partial charge in [-0.25, -0.2) is 19.6 Å². The predicted octanol–water partition coefficient (Wildman–Crippen LogP) is -14.1. The van der Waals surface area contributed by atoms with Crippen LogP contribution in [0.25, 0.3) is 11.2 Å². The number of aromatic nitrogens is 4. The third kappa shape index (κ3) is 36.3. The topological polar surface area (TPSA) is 882 Å². The van der Waals surface area contributed by atoms with Crippen molar-refractivity contribution < 1.29 is 174 Å². The molecule has 0 bridgehead atoms. The van der Waals surface area contributed by atoms with E-state index in [9.17, 15) is 154 Å². The van der Waals surface area contributed by atoms with Crippen molar-refractivity contribution in [3.8, 4) is 0 Å². The van der Waals surface area contributed by atoms with Crippen LogP contribution in [0.3, 0.4) is 0 Å². The van der Waals surface area contributed by atoms with Gasteiger partial charge in [0.15, 0.2) is 16.9 Å². The molecule has 0 aliphatic rings. The quantitative estimate of drug-likeness (QED) is 0.0233. The second kappa shape index (κ2) is 52.4. The number of H-pyrrole nitrogens is 1. The molecule has 0 saturated carbocycles. The third-order valence-electron chi connectivity index (χ3n) is 17.6. The molecule has 0 radical (unpaired) electrons. The van der Waals surface area contributed by atoms with Gasteiger partial charge < -0.3 is 166 Å². The highest BCUT2D eigenvalue weighted by Crippen LogP contribution is 2.19. The highest BCUT2D eigenvalue weighted by Gasteiger charge is 2.41. The number of aliphatic hydroxyl groups is 16. The number of ketones is 1. The Kier molecular flexibility index (Phi) is 46.1. The summed E-state index contributed by atoms with van der Waals surface area (Å²) in [6, 6.07) is -9.48. The first kappa shape index (κ1) is 105. The fourth-order valence-corrected chi connectivity index (χ4v) is 11.0. The molecule has 2 aromatic heterocycles. The van der Waals surface area contributed by atoms with E-state index in [0.29, 0.717) is 11.4 Å². The molecule has 0 fully saturated rings. The van der Waals surface area contributed by atoms with E-state index in [2.05, 4.69) is 85.7 Å². The van der Waals surface area contributed by atoms with Crippen LogP contribution >= 0.6 is 12.6 Å². The number of carbonyl (C=O) groups excluding carboxylic acids is 9. The van der Waals surface area contributed by atoms with Crippen LogP contribution in [0, 0.1) is 0 Å². The first-order chi connectivity index (χ1) is 55.8. The number of thiol groups is 1. The normalized spacial score (nSPS) is 16.7. The summed E-state index contributed by atoms with van der Waals surface area (Å²) < 4.78 is 0. The number of rotatable bonds is 55. The maximum atomic E-state index is 13.7. The molecule has 3 aromatic rings. The molecule has 0 spiro atoms. The van der Waals surface area contributed by atoms with Gasteiger partial charge in [-0.2, -0.15) is 17.6 Å². The van der Waals surface area contributed by atoms with Crippen LogP contribution in [0.1, 0.15) is 100 Å². The number of likely N-dealkylation sites (N-methyl/N-ethyl adjacent to an activating group) is 1. The summed E-state index contributed by atoms with van der Waals surface area (Å²) in [4.78, 5) is 201. The highest BCUT2D eigenvalue weighted by atomic mass is 32.1. The van der Waals surface area contributed by atoms with Gasteiger partial charge in [0.25, 0.3) is 11.5 Å². The maximum absolute atomic E-state index is 13.7. The number of anilines is 2. The SMILES string of the molecule is CC(=O)[C@H](CCC(=O)O)NC(=O)C[C@@H](NC(=O)[C@H](CCC(=O)O)NC(=O)C[C@@H](NC(=O)CC[C@H](NC(=O)c1ccc(NCc2cnc3nc(N)[nH]c(=O)c3n2)cc1)C(=O)O)[C@@H](O)[C@H](O)[C@H](O)CO)[C@@H](O)[C@H](O)[C@H](O)CO.CN[C@H](CC(=O)N[C@@H](CCC(=O)O)C(=O)N[C@H](CC(=O)N[C@@H](CS)C(=O)O)[C@@H](O)[C@H](O)[C@H](O)CO)[C@@H](O)[C@H](O)[C@H](O)CO. The van der Waals surface area contributed by atoms with Gasteiger partial charge in [-0.3, -0.25) is 67.3 Å². The Balaban J connectivity index is 0.000000947. The Hall–Kier alpha value is -10.5. The molecule has 0 aliphatic heterocycles. The zero-order valence-corrected chi connectivity index (χ0v) is 64.5. The number of aliphatic hydroxyl groups excluding tert-OH is 16. The molecule has 0 saturated heterocycles. The van der Waals surface area contributed by atoms with Gasteiger partial charge in [0.2, 0.25) is 47.3 Å². The second-order valence-electron chi connectivity index (χ2n) is 26.8. The molecule has 119 heavy (non-hydrogen) atoms. The molecular formula is C67H103N15O36S. The molecular weight excluding hydrogens is 1620 g/mol. The van der Waals surface area contributed by atoms with Crippen LogP contribution in [-0.4, -0.2) is 377 Å². The van der Waals surface area contributed by atoms with Crippen molar-refractivity contribution >= 4 is 118 Å². The van der Waals surface area contributed by atoms with Crippen LogP contribution < -0.4 is 64.5 Å². The molecule has 668 valence electrons. The van der Waals surface area contributed by atoms with Gasteiger partial charge in [-0.15, -0.1) is 0 Å². The number of carboxylic acid groups (broad SMARTS) is 5. The number of nitrogens with one attached hydrogen (secondary N) is 11. The minimum Gasteiger partial charge on any atom is -0.481 e. The predicted molar refractivity (Wildman–Crippen MR) is 402 cm³/mol. The number of nitrogens with zero attached hydrogens (tertiary/aromatic N) is 3. The summed E-state index contributed by atoms with van der Waals surface area (Å²) in [6.07, 6.45) is -32.3. The van der Waals surface area contributed by atoms with Crippen LogP contribution in [0.5, 0.6) is 0 Å². The number of hydrogen-bond acceptors (Lipinski definition) is 38. The van der Waals surface area contributed by atoms with E-state index < -0.39 is 313 Å². The van der Waals surface area contributed by atoms with E-state index in [0.717, 1.165) is 6.92 Å². The zero-order chi connectivity index (χ0) is 90.4. The lowest BCUT2D eigenvalue weighted by Gasteiger charge is -2.31. The van der Waals surface area contributed by atoms with E-state index in [1.807, 2.05) is 0 Å². The summed E-state index contributed by atoms with van der Waals surface area (Å²) in [5.41, 5.74) is 5.69. The first-order valence-corrected chi connectivity index (χ1v) is 36.7. The first-order valence-electron chi connectivity index (χ1n) is 36.0. The largest absolute Gasteiger partial charge is 0.481 e. The molecule has 1 aromatic carbocycles. The summed E-state index contributed by atoms with van der Waals surface area (Å²) >= 11 is 3.79. The number of nitrogens with two attached hydrogens (primary N) is 1. The van der Waals surface area contributed by atoms with Crippen molar-refractivity contribution in [2.75, 3.05) is 50.3 Å². The van der Waals surface area contributed by atoms with Crippen molar-refractivity contribution in [2.45, 2.75) is 218 Å². The molecule has 21 atom stereocenters. The van der Waals surface area contributed by atoms with Gasteiger partial charge in [0.1, 0.15) is 91.3 Å². The number of Topliss-reactive ketones (excluding diaryl/α,β-unsaturated/α-hetero) is 1. The number of benzene rings is 1. The fraction of sp³-hybridized carbons (Fsp3) is 0.612. The standard InChI is InChI=1S/C44H61N11O21.C23H42N4O15S/c1-18(58)22(7-10-32(64)65)49-30(62)13-26(36(69)38(71)28(60)17-57)53-41(73)23(8-11-33(66)67)50-31(63)12-25(35(68)37(70)27(59)16-56)51-29(61)9-6-24(43(75)76)52-40(72)19-2-4-20(5-3-19)46-14-21-15-47-39-34(48-21)42(74)55-44(45)54-39;1-24-10(18(36)20(38)13(30)6-28)4-15(32)25-9(2-3-17(34)35)22(40)27-11(19(37)21(39)14(31)7-29)5-16(33)26-12(8-43)23(41)42/h2-5,15,22-28,35-38,46,56-57,59-60,68-71H,6-14,16-17H2,1H3,(H,49,62)(H,50,63)(H,51,61)(H,52,72)(H,53,73)(H,64,65)(H,66,67)(H,75,76)(H3,45,47,54,55,74);9-14,18-21,24,28-31,36-39,43H,2-8H2,1H3,(H,25,32)(H,26,33)(H,27,40)(H,34,35)(H,41,42)/t22-,23-,24-,25+,26+,27+,28+,35+,36+,37+,38+;9-,10+,11+,12-,13+,14+,18+,19+,20+,21+/m00/s1. The minimum absolute atomic E-state index is 0.0223. The maximum Gasteiger partial charge on any atom is 0.327 e. The average Bonchev–Trinajstić information content (AvgIpc) is 0.804. The van der Waals surface area contributed by atoms with Gasteiger partial charge >= 0.3 is 29.8 Å². The Labute approximate surface area is 678 Å². The number of carbonyl (C=O) groups is 14. The minimum atomic E-state index is -2.30. The Morgan fingerprint density at radius 1 is 0.445 bits per heavy atom. The lowest BCUT2D eigenvalue weighted by molar-refractivity contribution is -0.142. The Morgan fingerprint density at radius 3 is 1.18 bits per heavy atom. The van der Waals surface area contributed by atoms with Gasteiger partial charge in [-0.1, -0.05) is 0 Å². The van der Waals surface area contributed by atoms with E-state index >= 15 is 0 Å². The number of carboxylic acids is 5. The summed E-state index contributed by atoms with van der Waals surface area (Å²) in [5, 5.41) is 229. The molecule has 0 unspecified atom stereocenters. The van der Waals surface area contributed by atoms with Crippen LogP contribution in [0.2, 0.25) is 0 Å². The summed E-state index contributed by atoms with van der Waals surface area (Å²) in [5.74, 6) is -17.4. The number of fused-ring (bicyclic) bond motifs is 1. The lowest BCUT2D eigenvalue weighted by Crippen LogP contribution is -2.59. The number of aromatic amines is 1. The zero-order valence-electron chi connectivity index (χ0n) is 63.6. The highest BCUT2D eigenvalue weighted by molar-refractivity contribution is 7.80. The van der Waals surface area contributed by atoms with E-state index in [4.69, 9.17) is 31.3 Å². The average molecular weight is 1730 g/mol. The van der Waals surface area contributed by atoms with Crippen molar-refractivity contribution in [2.24, 2.45) is 0 Å². The lowest BCUT2D eigenvalue weighted by atomic mass is 9.96. The van der Waals surface area contributed by atoms with Crippen LogP contribution in [-0.2, 0) is 68.9 Å². The number of hydrogen-bond donors (Lipinski definition) is 34. The fourth-order valence-electron chi connectivity index (χ4n) is 10.8. The molecule has 3 rings (SSSR count). The van der Waals surface area contributed by atoms with Crippen molar-refractivity contribution in [3.63, 3.8) is 0 Å². The molecule has 52 heteroatoms. The Bertz CT molecular complexity index is 3930. The van der Waals surface area contributed by atoms with E-state index in [1.165, 1.54) is 37.5 Å². The van der Waals surface area contributed by atoms with Gasteiger partial charge in [0.05, 0.1) is 75.1 Å².